The molecule has 3 aromatic rings. The number of nitriles is 1. The first-order chi connectivity index (χ1) is 16.0. The fourth-order valence-electron chi connectivity index (χ4n) is 4.11. The molecule has 3 rings (SSSR count). The number of carboxylic acids is 1. The second kappa shape index (κ2) is 9.79. The van der Waals surface area contributed by atoms with Gasteiger partial charge < -0.3 is 20.7 Å². The van der Waals surface area contributed by atoms with Gasteiger partial charge in [-0.25, -0.2) is 4.79 Å². The second-order valence-electron chi connectivity index (χ2n) is 9.71. The maximum atomic E-state index is 12.8. The summed E-state index contributed by atoms with van der Waals surface area (Å²) in [6.07, 6.45) is 1.31. The Morgan fingerprint density at radius 2 is 1.82 bits per heavy atom. The number of hydrogen-bond acceptors (Lipinski definition) is 4. The first-order valence-electron chi connectivity index (χ1n) is 11.0. The number of aromatic amines is 1. The van der Waals surface area contributed by atoms with Crippen molar-refractivity contribution in [1.29, 1.82) is 5.26 Å². The van der Waals surface area contributed by atoms with E-state index < -0.39 is 11.9 Å². The van der Waals surface area contributed by atoms with E-state index in [1.807, 2.05) is 12.1 Å². The normalized spacial score (nSPS) is 12.1. The number of carboxylic acid groups (broad SMARTS) is 1. The minimum Gasteiger partial charge on any atom is -0.478 e. The molecule has 8 nitrogen and oxygen atoms in total. The molecule has 0 bridgehead atoms. The van der Waals surface area contributed by atoms with Crippen molar-refractivity contribution in [1.82, 2.24) is 4.98 Å². The van der Waals surface area contributed by atoms with E-state index in [1.165, 1.54) is 18.2 Å². The Balaban J connectivity index is 1.80. The standard InChI is InChI=1S/C26H28N4O4/c1-15(13-26(2,3)4)10-22(31)28-20-7-5-6-17-12-21(29-23(17)20)24(32)30-19-9-8-16(14-27)11-18(19)25(33)34/h5-9,11-12,15,29H,10,13H2,1-4H3,(H,28,31)(H,30,32)(H,33,34). The number of para-hydroxylation sites is 1. The van der Waals surface area contributed by atoms with Gasteiger partial charge in [0.25, 0.3) is 5.91 Å². The van der Waals surface area contributed by atoms with Gasteiger partial charge in [0.1, 0.15) is 5.69 Å². The van der Waals surface area contributed by atoms with Crippen LogP contribution in [0, 0.1) is 22.7 Å². The summed E-state index contributed by atoms with van der Waals surface area (Å²) in [6.45, 7) is 8.48. The summed E-state index contributed by atoms with van der Waals surface area (Å²) in [5, 5.41) is 24.7. The fraction of sp³-hybridized carbons (Fsp3) is 0.308. The molecule has 0 fully saturated rings. The molecule has 0 saturated heterocycles. The van der Waals surface area contributed by atoms with Crippen molar-refractivity contribution >= 4 is 40.1 Å². The zero-order valence-corrected chi connectivity index (χ0v) is 19.7. The lowest BCUT2D eigenvalue weighted by Gasteiger charge is -2.22. The number of carbonyl (C=O) groups excluding carboxylic acids is 2. The second-order valence-corrected chi connectivity index (χ2v) is 9.71. The third kappa shape index (κ3) is 6.01. The highest BCUT2D eigenvalue weighted by atomic mass is 16.4. The number of aromatic carboxylic acids is 1. The van der Waals surface area contributed by atoms with Gasteiger partial charge in [-0.3, -0.25) is 9.59 Å². The van der Waals surface area contributed by atoms with Crippen LogP contribution in [-0.4, -0.2) is 27.9 Å². The van der Waals surface area contributed by atoms with Gasteiger partial charge in [0.15, 0.2) is 0 Å². The molecule has 8 heteroatoms. The Kier molecular flexibility index (Phi) is 7.06. The van der Waals surface area contributed by atoms with E-state index >= 15 is 0 Å². The zero-order valence-electron chi connectivity index (χ0n) is 19.7. The van der Waals surface area contributed by atoms with Gasteiger partial charge in [-0.05, 0) is 48.1 Å². The highest BCUT2D eigenvalue weighted by Crippen LogP contribution is 2.28. The lowest BCUT2D eigenvalue weighted by molar-refractivity contribution is -0.117. The Bertz CT molecular complexity index is 1290. The number of amides is 2. The van der Waals surface area contributed by atoms with Crippen molar-refractivity contribution in [3.8, 4) is 6.07 Å². The Hall–Kier alpha value is -4.12. The lowest BCUT2D eigenvalue weighted by Crippen LogP contribution is -2.19. The molecule has 0 aliphatic carbocycles. The number of aromatic nitrogens is 1. The third-order valence-electron chi connectivity index (χ3n) is 5.30. The summed E-state index contributed by atoms with van der Waals surface area (Å²) in [4.78, 5) is 40.0. The van der Waals surface area contributed by atoms with Crippen LogP contribution in [0.1, 0.15) is 66.9 Å². The molecule has 176 valence electrons. The summed E-state index contributed by atoms with van der Waals surface area (Å²) in [6, 6.07) is 12.9. The number of nitrogens with zero attached hydrogens (tertiary/aromatic N) is 1. The Morgan fingerprint density at radius 1 is 1.09 bits per heavy atom. The Labute approximate surface area is 198 Å². The van der Waals surface area contributed by atoms with E-state index in [0.717, 1.165) is 11.8 Å². The average Bonchev–Trinajstić information content (AvgIpc) is 3.18. The molecule has 0 aliphatic heterocycles. The molecule has 0 spiro atoms. The van der Waals surface area contributed by atoms with Crippen LogP contribution in [0.4, 0.5) is 11.4 Å². The van der Waals surface area contributed by atoms with E-state index in [4.69, 9.17) is 5.26 Å². The molecule has 1 aromatic heterocycles. The van der Waals surface area contributed by atoms with E-state index in [9.17, 15) is 19.5 Å². The lowest BCUT2D eigenvalue weighted by atomic mass is 9.84. The minimum absolute atomic E-state index is 0.0801. The fourth-order valence-corrected chi connectivity index (χ4v) is 4.11. The maximum absolute atomic E-state index is 12.8. The van der Waals surface area contributed by atoms with Crippen LogP contribution in [-0.2, 0) is 4.79 Å². The van der Waals surface area contributed by atoms with E-state index in [0.29, 0.717) is 17.6 Å². The molecule has 0 radical (unpaired) electrons. The highest BCUT2D eigenvalue weighted by Gasteiger charge is 2.20. The van der Waals surface area contributed by atoms with E-state index in [-0.39, 0.29) is 39.7 Å². The molecule has 34 heavy (non-hydrogen) atoms. The first-order valence-corrected chi connectivity index (χ1v) is 11.0. The van der Waals surface area contributed by atoms with Crippen LogP contribution < -0.4 is 10.6 Å². The van der Waals surface area contributed by atoms with Crippen LogP contribution in [0.5, 0.6) is 0 Å². The maximum Gasteiger partial charge on any atom is 0.337 e. The molecule has 0 saturated carbocycles. The molecule has 1 heterocycles. The van der Waals surface area contributed by atoms with Crippen molar-refractivity contribution in [2.24, 2.45) is 11.3 Å². The molecule has 1 unspecified atom stereocenters. The van der Waals surface area contributed by atoms with Gasteiger partial charge in [0, 0.05) is 11.8 Å². The van der Waals surface area contributed by atoms with Gasteiger partial charge in [-0.2, -0.15) is 5.26 Å². The highest BCUT2D eigenvalue weighted by molar-refractivity contribution is 6.10. The molecular formula is C26H28N4O4. The van der Waals surface area contributed by atoms with Crippen LogP contribution in [0.2, 0.25) is 0 Å². The minimum atomic E-state index is -1.25. The van der Waals surface area contributed by atoms with Crippen LogP contribution in [0.15, 0.2) is 42.5 Å². The number of anilines is 2. The van der Waals surface area contributed by atoms with Crippen LogP contribution >= 0.6 is 0 Å². The van der Waals surface area contributed by atoms with Crippen molar-refractivity contribution in [2.75, 3.05) is 10.6 Å². The number of H-pyrrole nitrogens is 1. The number of nitrogens with one attached hydrogen (secondary N) is 3. The summed E-state index contributed by atoms with van der Waals surface area (Å²) >= 11 is 0. The number of fused-ring (bicyclic) bond motifs is 1. The van der Waals surface area contributed by atoms with Crippen LogP contribution in [0.25, 0.3) is 10.9 Å². The molecule has 2 aromatic carbocycles. The Morgan fingerprint density at radius 3 is 2.47 bits per heavy atom. The van der Waals surface area contributed by atoms with Crippen molar-refractivity contribution in [3.63, 3.8) is 0 Å². The molecule has 2 amide bonds. The van der Waals surface area contributed by atoms with Crippen molar-refractivity contribution < 1.29 is 19.5 Å². The summed E-state index contributed by atoms with van der Waals surface area (Å²) in [7, 11) is 0. The van der Waals surface area contributed by atoms with Gasteiger partial charge >= 0.3 is 5.97 Å². The number of rotatable bonds is 7. The molecule has 1 atom stereocenters. The molecular weight excluding hydrogens is 432 g/mol. The predicted octanol–water partition coefficient (Wildman–Crippen LogP) is 5.39. The van der Waals surface area contributed by atoms with Gasteiger partial charge in [0.05, 0.1) is 34.1 Å². The summed E-state index contributed by atoms with van der Waals surface area (Å²) < 4.78 is 0. The average molecular weight is 461 g/mol. The van der Waals surface area contributed by atoms with Gasteiger partial charge in [0.2, 0.25) is 5.91 Å². The largest absolute Gasteiger partial charge is 0.478 e. The monoisotopic (exact) mass is 460 g/mol. The SMILES string of the molecule is CC(CC(=O)Nc1cccc2cc(C(=O)Nc3ccc(C#N)cc3C(=O)O)[nH]c12)CC(C)(C)C. The van der Waals surface area contributed by atoms with Gasteiger partial charge in [-0.15, -0.1) is 0 Å². The zero-order chi connectivity index (χ0) is 25.0. The topological polar surface area (TPSA) is 135 Å². The van der Waals surface area contributed by atoms with Crippen molar-refractivity contribution in [3.05, 3.63) is 59.3 Å². The quantitative estimate of drug-likeness (QED) is 0.375. The number of benzene rings is 2. The third-order valence-corrected chi connectivity index (χ3v) is 5.30. The number of carbonyl (C=O) groups is 3. The first kappa shape index (κ1) is 24.5. The van der Waals surface area contributed by atoms with E-state index in [1.54, 1.807) is 18.2 Å². The van der Waals surface area contributed by atoms with Crippen LogP contribution in [0.3, 0.4) is 0 Å². The van der Waals surface area contributed by atoms with Crippen molar-refractivity contribution in [2.45, 2.75) is 40.5 Å². The summed E-state index contributed by atoms with van der Waals surface area (Å²) in [5.41, 5.74) is 1.59. The molecule has 0 aliphatic rings. The van der Waals surface area contributed by atoms with Gasteiger partial charge in [-0.1, -0.05) is 39.8 Å². The molecule has 4 N–H and O–H groups in total. The summed E-state index contributed by atoms with van der Waals surface area (Å²) in [5.74, 6) is -1.68. The van der Waals surface area contributed by atoms with E-state index in [2.05, 4.69) is 43.3 Å². The predicted molar refractivity (Wildman–Crippen MR) is 131 cm³/mol. The smallest absolute Gasteiger partial charge is 0.337 e. The number of hydrogen-bond donors (Lipinski definition) is 4.